The van der Waals surface area contributed by atoms with Gasteiger partial charge in [0.25, 0.3) is 0 Å². The summed E-state index contributed by atoms with van der Waals surface area (Å²) in [5.41, 5.74) is 2.11. The highest BCUT2D eigenvalue weighted by Gasteiger charge is 1.95. The van der Waals surface area contributed by atoms with Gasteiger partial charge in [0.1, 0.15) is 0 Å². The second-order valence-corrected chi connectivity index (χ2v) is 3.91. The first-order chi connectivity index (χ1) is 7.22. The second-order valence-electron chi connectivity index (χ2n) is 3.91. The van der Waals surface area contributed by atoms with Crippen molar-refractivity contribution in [3.05, 3.63) is 48.3 Å². The Morgan fingerprint density at radius 1 is 1.47 bits per heavy atom. The van der Waals surface area contributed by atoms with Gasteiger partial charge in [-0.1, -0.05) is 25.1 Å². The largest absolute Gasteiger partial charge is 0.254 e. The smallest absolute Gasteiger partial charge is 0.0629 e. The molecule has 0 amide bonds. The number of hydrogen-bond donors (Lipinski definition) is 0. The van der Waals surface area contributed by atoms with Gasteiger partial charge in [0.2, 0.25) is 0 Å². The minimum Gasteiger partial charge on any atom is -0.254 e. The van der Waals surface area contributed by atoms with Crippen LogP contribution in [-0.4, -0.2) is 4.98 Å². The molecule has 0 fully saturated rings. The fourth-order valence-corrected chi connectivity index (χ4v) is 1.40. The van der Waals surface area contributed by atoms with Crippen molar-refractivity contribution < 1.29 is 0 Å². The molecule has 80 valence electrons. The molecule has 0 saturated heterocycles. The van der Waals surface area contributed by atoms with Crippen LogP contribution in [0.3, 0.4) is 0 Å². The topological polar surface area (TPSA) is 12.9 Å². The van der Waals surface area contributed by atoms with Crippen molar-refractivity contribution in [2.75, 3.05) is 0 Å². The molecule has 1 rings (SSSR count). The van der Waals surface area contributed by atoms with E-state index in [1.807, 2.05) is 31.2 Å². The van der Waals surface area contributed by atoms with Gasteiger partial charge in [-0.25, -0.2) is 0 Å². The third kappa shape index (κ3) is 4.59. The van der Waals surface area contributed by atoms with E-state index in [-0.39, 0.29) is 0 Å². The molecule has 0 saturated carbocycles. The van der Waals surface area contributed by atoms with Crippen LogP contribution in [0, 0.1) is 12.8 Å². The predicted octanol–water partition coefficient (Wildman–Crippen LogP) is 4.01. The zero-order valence-corrected chi connectivity index (χ0v) is 9.61. The quantitative estimate of drug-likeness (QED) is 0.656. The van der Waals surface area contributed by atoms with E-state index in [2.05, 4.69) is 30.6 Å². The van der Waals surface area contributed by atoms with E-state index in [0.717, 1.165) is 24.2 Å². The molecule has 1 nitrogen and oxygen atoms in total. The molecule has 1 aromatic rings. The summed E-state index contributed by atoms with van der Waals surface area (Å²) >= 11 is 0. The van der Waals surface area contributed by atoms with Crippen LogP contribution >= 0.6 is 0 Å². The lowest BCUT2D eigenvalue weighted by Crippen LogP contribution is -1.89. The van der Waals surface area contributed by atoms with E-state index in [4.69, 9.17) is 0 Å². The van der Waals surface area contributed by atoms with Crippen LogP contribution in [0.4, 0.5) is 0 Å². The van der Waals surface area contributed by atoms with Gasteiger partial charge >= 0.3 is 0 Å². The molecule has 0 spiro atoms. The third-order valence-corrected chi connectivity index (χ3v) is 2.33. The first kappa shape index (κ1) is 11.7. The summed E-state index contributed by atoms with van der Waals surface area (Å²) in [6.45, 7) is 7.96. The maximum atomic E-state index is 4.42. The van der Waals surface area contributed by atoms with E-state index in [9.17, 15) is 0 Å². The SMILES string of the molecule is C=CCCC(C)/C=C\c1cccc(C)n1. The molecule has 0 aliphatic rings. The Morgan fingerprint density at radius 3 is 2.93 bits per heavy atom. The lowest BCUT2D eigenvalue weighted by molar-refractivity contribution is 0.661. The molecule has 1 unspecified atom stereocenters. The lowest BCUT2D eigenvalue weighted by Gasteiger charge is -2.02. The minimum atomic E-state index is 0.588. The first-order valence-electron chi connectivity index (χ1n) is 5.45. The summed E-state index contributed by atoms with van der Waals surface area (Å²) in [5.74, 6) is 0.588. The van der Waals surface area contributed by atoms with Crippen molar-refractivity contribution in [1.82, 2.24) is 4.98 Å². The molecule has 0 radical (unpaired) electrons. The number of rotatable bonds is 5. The lowest BCUT2D eigenvalue weighted by atomic mass is 10.0. The molecular weight excluding hydrogens is 182 g/mol. The van der Waals surface area contributed by atoms with Crippen molar-refractivity contribution >= 4 is 6.08 Å². The van der Waals surface area contributed by atoms with Crippen LogP contribution in [0.2, 0.25) is 0 Å². The molecule has 1 atom stereocenters. The van der Waals surface area contributed by atoms with E-state index in [1.54, 1.807) is 0 Å². The van der Waals surface area contributed by atoms with Crippen molar-refractivity contribution in [2.45, 2.75) is 26.7 Å². The molecule has 0 N–H and O–H groups in total. The van der Waals surface area contributed by atoms with Gasteiger partial charge < -0.3 is 0 Å². The Bertz CT molecular complexity index is 339. The normalized spacial score (nSPS) is 12.9. The van der Waals surface area contributed by atoms with Crippen LogP contribution < -0.4 is 0 Å². The summed E-state index contributed by atoms with van der Waals surface area (Å²) in [7, 11) is 0. The van der Waals surface area contributed by atoms with Crippen LogP contribution in [0.15, 0.2) is 36.9 Å². The minimum absolute atomic E-state index is 0.588. The number of allylic oxidation sites excluding steroid dienone is 2. The maximum Gasteiger partial charge on any atom is 0.0629 e. The fourth-order valence-electron chi connectivity index (χ4n) is 1.40. The highest BCUT2D eigenvalue weighted by Crippen LogP contribution is 2.10. The first-order valence-corrected chi connectivity index (χ1v) is 5.45. The maximum absolute atomic E-state index is 4.42. The average Bonchev–Trinajstić information content (AvgIpc) is 2.23. The highest BCUT2D eigenvalue weighted by molar-refractivity contribution is 5.44. The predicted molar refractivity (Wildman–Crippen MR) is 66.6 cm³/mol. The van der Waals surface area contributed by atoms with Crippen LogP contribution in [0.1, 0.15) is 31.2 Å². The Hall–Kier alpha value is -1.37. The molecule has 0 bridgehead atoms. The molecule has 1 aromatic heterocycles. The van der Waals surface area contributed by atoms with E-state index >= 15 is 0 Å². The Balaban J connectivity index is 2.53. The van der Waals surface area contributed by atoms with E-state index in [1.165, 1.54) is 0 Å². The van der Waals surface area contributed by atoms with Gasteiger partial charge in [0.05, 0.1) is 5.69 Å². The summed E-state index contributed by atoms with van der Waals surface area (Å²) in [6, 6.07) is 6.08. The third-order valence-electron chi connectivity index (χ3n) is 2.33. The Kier molecular flexibility index (Phi) is 4.82. The summed E-state index contributed by atoms with van der Waals surface area (Å²) < 4.78 is 0. The van der Waals surface area contributed by atoms with Crippen molar-refractivity contribution in [2.24, 2.45) is 5.92 Å². The van der Waals surface area contributed by atoms with Gasteiger partial charge in [-0.05, 0) is 43.9 Å². The van der Waals surface area contributed by atoms with Crippen molar-refractivity contribution in [3.8, 4) is 0 Å². The number of aromatic nitrogens is 1. The Labute approximate surface area is 92.6 Å². The van der Waals surface area contributed by atoms with Crippen molar-refractivity contribution in [1.29, 1.82) is 0 Å². The molecule has 15 heavy (non-hydrogen) atoms. The van der Waals surface area contributed by atoms with Gasteiger partial charge in [0, 0.05) is 5.69 Å². The molecule has 0 aromatic carbocycles. The number of pyridine rings is 1. The van der Waals surface area contributed by atoms with Crippen molar-refractivity contribution in [3.63, 3.8) is 0 Å². The molecule has 1 heteroatoms. The summed E-state index contributed by atoms with van der Waals surface area (Å²) in [6.07, 6.45) is 8.51. The van der Waals surface area contributed by atoms with Gasteiger partial charge in [-0.3, -0.25) is 4.98 Å². The van der Waals surface area contributed by atoms with E-state index < -0.39 is 0 Å². The number of hydrogen-bond acceptors (Lipinski definition) is 1. The molecular formula is C14H19N. The zero-order chi connectivity index (χ0) is 11.1. The monoisotopic (exact) mass is 201 g/mol. The summed E-state index contributed by atoms with van der Waals surface area (Å²) in [5, 5.41) is 0. The number of aryl methyl sites for hydroxylation is 1. The van der Waals surface area contributed by atoms with Gasteiger partial charge in [-0.2, -0.15) is 0 Å². The molecule has 1 heterocycles. The van der Waals surface area contributed by atoms with Crippen LogP contribution in [0.5, 0.6) is 0 Å². The Morgan fingerprint density at radius 2 is 2.27 bits per heavy atom. The average molecular weight is 201 g/mol. The van der Waals surface area contributed by atoms with Crippen LogP contribution in [0.25, 0.3) is 6.08 Å². The standard InChI is InChI=1S/C14H19N/c1-4-5-7-12(2)10-11-14-9-6-8-13(3)15-14/h4,6,8-12H,1,5,7H2,2-3H3/b11-10-. The number of nitrogens with zero attached hydrogens (tertiary/aromatic N) is 1. The fraction of sp³-hybridized carbons (Fsp3) is 0.357. The summed E-state index contributed by atoms with van der Waals surface area (Å²) in [4.78, 5) is 4.42. The van der Waals surface area contributed by atoms with Gasteiger partial charge in [0.15, 0.2) is 0 Å². The molecule has 0 aliphatic carbocycles. The van der Waals surface area contributed by atoms with Crippen LogP contribution in [-0.2, 0) is 0 Å². The molecule has 0 aliphatic heterocycles. The second kappa shape index (κ2) is 6.18. The van der Waals surface area contributed by atoms with Gasteiger partial charge in [-0.15, -0.1) is 6.58 Å². The van der Waals surface area contributed by atoms with E-state index in [0.29, 0.717) is 5.92 Å². The highest BCUT2D eigenvalue weighted by atomic mass is 14.7. The zero-order valence-electron chi connectivity index (χ0n) is 9.61.